The lowest BCUT2D eigenvalue weighted by molar-refractivity contribution is 0.672. The van der Waals surface area contributed by atoms with Crippen molar-refractivity contribution in [3.05, 3.63) is 170 Å². The Labute approximate surface area is 298 Å². The molecule has 0 amide bonds. The molecule has 5 heteroatoms. The van der Waals surface area contributed by atoms with E-state index in [1.54, 1.807) is 0 Å². The average molecular weight is 665 g/mol. The molecule has 0 fully saturated rings. The van der Waals surface area contributed by atoms with Gasteiger partial charge in [0.2, 0.25) is 0 Å². The van der Waals surface area contributed by atoms with Crippen LogP contribution >= 0.6 is 0 Å². The smallest absolute Gasteiger partial charge is 0.164 e. The van der Waals surface area contributed by atoms with Crippen LogP contribution in [0.2, 0.25) is 0 Å². The molecule has 0 radical (unpaired) electrons. The van der Waals surface area contributed by atoms with Crippen LogP contribution in [0.4, 0.5) is 0 Å². The summed E-state index contributed by atoms with van der Waals surface area (Å²) in [6.07, 6.45) is 0. The number of hydrogen-bond donors (Lipinski definition) is 0. The highest BCUT2D eigenvalue weighted by Gasteiger charge is 2.20. The lowest BCUT2D eigenvalue weighted by Gasteiger charge is -2.11. The minimum absolute atomic E-state index is 0.620. The Balaban J connectivity index is 1.15. The molecule has 0 N–H and O–H groups in total. The molecule has 8 aromatic carbocycles. The minimum Gasteiger partial charge on any atom is -0.455 e. The van der Waals surface area contributed by atoms with Gasteiger partial charge in [-0.3, -0.25) is 0 Å². The van der Waals surface area contributed by atoms with E-state index in [4.69, 9.17) is 19.4 Å². The zero-order chi connectivity index (χ0) is 34.2. The van der Waals surface area contributed by atoms with Crippen LogP contribution in [-0.4, -0.2) is 19.5 Å². The van der Waals surface area contributed by atoms with Crippen LogP contribution in [0.25, 0.3) is 105 Å². The first-order chi connectivity index (χ1) is 25.8. The zero-order valence-corrected chi connectivity index (χ0v) is 27.9. The second-order valence-corrected chi connectivity index (χ2v) is 13.2. The van der Waals surface area contributed by atoms with Crippen molar-refractivity contribution < 1.29 is 4.42 Å². The molecule has 3 heterocycles. The van der Waals surface area contributed by atoms with E-state index in [1.165, 1.54) is 27.1 Å². The summed E-state index contributed by atoms with van der Waals surface area (Å²) in [7, 11) is 0. The Morgan fingerprint density at radius 1 is 0.404 bits per heavy atom. The second kappa shape index (κ2) is 11.2. The molecule has 11 rings (SSSR count). The molecule has 0 aliphatic heterocycles. The van der Waals surface area contributed by atoms with E-state index >= 15 is 0 Å². The first kappa shape index (κ1) is 28.7. The number of benzene rings is 8. The lowest BCUT2D eigenvalue weighted by Crippen LogP contribution is -2.00. The van der Waals surface area contributed by atoms with Crippen LogP contribution in [0.1, 0.15) is 0 Å². The van der Waals surface area contributed by atoms with Crippen LogP contribution in [0, 0.1) is 0 Å². The fourth-order valence-corrected chi connectivity index (χ4v) is 7.86. The lowest BCUT2D eigenvalue weighted by atomic mass is 9.99. The van der Waals surface area contributed by atoms with E-state index in [2.05, 4.69) is 114 Å². The van der Waals surface area contributed by atoms with Gasteiger partial charge in [-0.05, 0) is 46.5 Å². The summed E-state index contributed by atoms with van der Waals surface area (Å²) in [5.74, 6) is 1.89. The Hall–Kier alpha value is -7.11. The topological polar surface area (TPSA) is 56.7 Å². The van der Waals surface area contributed by atoms with Gasteiger partial charge in [0.1, 0.15) is 11.2 Å². The number of para-hydroxylation sites is 1. The second-order valence-electron chi connectivity index (χ2n) is 13.2. The maximum Gasteiger partial charge on any atom is 0.164 e. The highest BCUT2D eigenvalue weighted by atomic mass is 16.3. The Bertz CT molecular complexity index is 3120. The normalized spacial score (nSPS) is 11.8. The van der Waals surface area contributed by atoms with Crippen LogP contribution < -0.4 is 0 Å². The molecule has 0 aliphatic rings. The summed E-state index contributed by atoms with van der Waals surface area (Å²) < 4.78 is 9.16. The van der Waals surface area contributed by atoms with Crippen LogP contribution in [0.5, 0.6) is 0 Å². The van der Waals surface area contributed by atoms with Crippen molar-refractivity contribution in [1.29, 1.82) is 0 Å². The van der Waals surface area contributed by atoms with Crippen molar-refractivity contribution >= 4 is 65.3 Å². The summed E-state index contributed by atoms with van der Waals surface area (Å²) in [4.78, 5) is 15.1. The maximum atomic E-state index is 6.81. The maximum absolute atomic E-state index is 6.81. The number of furan rings is 1. The van der Waals surface area contributed by atoms with E-state index in [1.807, 2.05) is 60.7 Å². The molecular weight excluding hydrogens is 637 g/mol. The highest BCUT2D eigenvalue weighted by Crippen LogP contribution is 2.42. The average Bonchev–Trinajstić information content (AvgIpc) is 3.77. The summed E-state index contributed by atoms with van der Waals surface area (Å²) >= 11 is 0. The molecule has 242 valence electrons. The third-order valence-corrected chi connectivity index (χ3v) is 10.2. The predicted molar refractivity (Wildman–Crippen MR) is 213 cm³/mol. The summed E-state index contributed by atoms with van der Waals surface area (Å²) in [6.45, 7) is 0. The van der Waals surface area contributed by atoms with Gasteiger partial charge in [-0.15, -0.1) is 0 Å². The number of hydrogen-bond acceptors (Lipinski definition) is 4. The van der Waals surface area contributed by atoms with E-state index < -0.39 is 0 Å². The van der Waals surface area contributed by atoms with Gasteiger partial charge in [-0.1, -0.05) is 133 Å². The summed E-state index contributed by atoms with van der Waals surface area (Å²) in [5.41, 5.74) is 7.86. The third kappa shape index (κ3) is 4.33. The van der Waals surface area contributed by atoms with Gasteiger partial charge in [0.05, 0.1) is 11.0 Å². The SMILES string of the molecule is c1ccc(-c2nc(-c3ccccc3)nc(-c3cc4c5ccc(-n6c7ccccc7c7c8ccccc8ccc76)cc5oc4c4ccccc34)n2)cc1. The molecule has 3 aromatic heterocycles. The fraction of sp³-hybridized carbons (Fsp3) is 0. The molecule has 52 heavy (non-hydrogen) atoms. The third-order valence-electron chi connectivity index (χ3n) is 10.2. The van der Waals surface area contributed by atoms with E-state index in [-0.39, 0.29) is 0 Å². The van der Waals surface area contributed by atoms with E-state index in [0.717, 1.165) is 60.6 Å². The Morgan fingerprint density at radius 2 is 1.02 bits per heavy atom. The highest BCUT2D eigenvalue weighted by molar-refractivity contribution is 6.22. The molecule has 0 bridgehead atoms. The van der Waals surface area contributed by atoms with Gasteiger partial charge in [0, 0.05) is 55.4 Å². The Morgan fingerprint density at radius 3 is 1.77 bits per heavy atom. The number of nitrogens with zero attached hydrogens (tertiary/aromatic N) is 4. The van der Waals surface area contributed by atoms with Crippen molar-refractivity contribution in [2.45, 2.75) is 0 Å². The van der Waals surface area contributed by atoms with Gasteiger partial charge < -0.3 is 8.98 Å². The van der Waals surface area contributed by atoms with Gasteiger partial charge in [-0.2, -0.15) is 0 Å². The molecule has 11 aromatic rings. The predicted octanol–water partition coefficient (Wildman–Crippen LogP) is 12.2. The molecule has 0 atom stereocenters. The van der Waals surface area contributed by atoms with Gasteiger partial charge in [-0.25, -0.2) is 15.0 Å². The van der Waals surface area contributed by atoms with Crippen LogP contribution in [0.3, 0.4) is 0 Å². The number of rotatable bonds is 4. The van der Waals surface area contributed by atoms with Gasteiger partial charge in [0.25, 0.3) is 0 Å². The van der Waals surface area contributed by atoms with Crippen LogP contribution in [-0.2, 0) is 0 Å². The van der Waals surface area contributed by atoms with Crippen molar-refractivity contribution in [3.8, 4) is 39.9 Å². The van der Waals surface area contributed by atoms with Crippen molar-refractivity contribution in [3.63, 3.8) is 0 Å². The molecule has 0 saturated carbocycles. The van der Waals surface area contributed by atoms with Crippen LogP contribution in [0.15, 0.2) is 174 Å². The molecule has 0 aliphatic carbocycles. The molecule has 5 nitrogen and oxygen atoms in total. The van der Waals surface area contributed by atoms with Crippen molar-refractivity contribution in [1.82, 2.24) is 19.5 Å². The zero-order valence-electron chi connectivity index (χ0n) is 27.9. The van der Waals surface area contributed by atoms with Crippen molar-refractivity contribution in [2.75, 3.05) is 0 Å². The van der Waals surface area contributed by atoms with Crippen molar-refractivity contribution in [2.24, 2.45) is 0 Å². The molecular formula is C47H28N4O. The quantitative estimate of drug-likeness (QED) is 0.188. The minimum atomic E-state index is 0.620. The van der Waals surface area contributed by atoms with Gasteiger partial charge in [0.15, 0.2) is 17.5 Å². The molecule has 0 spiro atoms. The summed E-state index contributed by atoms with van der Waals surface area (Å²) in [6, 6.07) is 59.1. The monoisotopic (exact) mass is 664 g/mol. The fourth-order valence-electron chi connectivity index (χ4n) is 7.86. The standard InChI is InChI=1S/C47H28N4O/c1-3-14-30(15-4-1)45-48-46(31-16-5-2-6-17-31)50-47(49-45)39-28-38-35-25-24-32(27-42(35)52-44(38)36-20-10-9-19-34(36)39)51-40-22-12-11-21-37(40)43-33-18-8-7-13-29(33)23-26-41(43)51/h1-28H. The van der Waals surface area contributed by atoms with Gasteiger partial charge >= 0.3 is 0 Å². The molecule has 0 saturated heterocycles. The first-order valence-corrected chi connectivity index (χ1v) is 17.5. The Kier molecular flexibility index (Phi) is 6.18. The largest absolute Gasteiger partial charge is 0.455 e. The molecule has 0 unspecified atom stereocenters. The summed E-state index contributed by atoms with van der Waals surface area (Å²) in [5, 5.41) is 9.07. The van der Waals surface area contributed by atoms with E-state index in [0.29, 0.717) is 17.5 Å². The number of aromatic nitrogens is 4. The first-order valence-electron chi connectivity index (χ1n) is 17.5. The van der Waals surface area contributed by atoms with E-state index in [9.17, 15) is 0 Å². The number of fused-ring (bicyclic) bond motifs is 10.